The molecule has 0 bridgehead atoms. The van der Waals surface area contributed by atoms with Crippen LogP contribution in [-0.2, 0) is 9.59 Å². The van der Waals surface area contributed by atoms with Crippen LogP contribution in [0, 0.1) is 0 Å². The molecule has 6 nitrogen and oxygen atoms in total. The largest absolute Gasteiger partial charge is 0.549 e. The van der Waals surface area contributed by atoms with Crippen LogP contribution in [0.2, 0.25) is 0 Å². The van der Waals surface area contributed by atoms with Crippen molar-refractivity contribution < 1.29 is 19.8 Å². The smallest absolute Gasteiger partial charge is 0.130 e. The second kappa shape index (κ2) is 9.84. The zero-order chi connectivity index (χ0) is 22.5. The van der Waals surface area contributed by atoms with Crippen molar-refractivity contribution >= 4 is 46.5 Å². The van der Waals surface area contributed by atoms with Crippen LogP contribution in [-0.4, -0.2) is 21.9 Å². The summed E-state index contributed by atoms with van der Waals surface area (Å²) in [6.45, 7) is 0. The number of carbonyl (C=O) groups is 2. The van der Waals surface area contributed by atoms with Gasteiger partial charge in [0.1, 0.15) is 10.1 Å². The number of fused-ring (bicyclic) bond motifs is 1. The SMILES string of the molecule is O=C([O-])[C@H](Sc1nc2ccccc2nc1S[C@@H](C(=O)[O-])c1ccccc1)c1ccccc1. The molecule has 3 aromatic carbocycles. The number of thioether (sulfide) groups is 2. The Balaban J connectivity index is 1.78. The van der Waals surface area contributed by atoms with Gasteiger partial charge in [0.2, 0.25) is 0 Å². The molecule has 2 atom stereocenters. The van der Waals surface area contributed by atoms with Crippen LogP contribution in [0.3, 0.4) is 0 Å². The summed E-state index contributed by atoms with van der Waals surface area (Å²) in [6.07, 6.45) is 0. The number of carbonyl (C=O) groups excluding carboxylic acids is 2. The highest BCUT2D eigenvalue weighted by Crippen LogP contribution is 2.43. The first kappa shape index (κ1) is 21.9. The van der Waals surface area contributed by atoms with Gasteiger partial charge in [0, 0.05) is 0 Å². The second-order valence-corrected chi connectivity index (χ2v) is 8.97. The summed E-state index contributed by atoms with van der Waals surface area (Å²) in [5.41, 5.74) is 2.24. The molecule has 0 aliphatic rings. The maximum atomic E-state index is 11.9. The van der Waals surface area contributed by atoms with Crippen LogP contribution < -0.4 is 10.2 Å². The number of aromatic nitrogens is 2. The number of para-hydroxylation sites is 2. The molecule has 0 unspecified atom stereocenters. The lowest BCUT2D eigenvalue weighted by Crippen LogP contribution is -2.28. The summed E-state index contributed by atoms with van der Waals surface area (Å²) in [4.78, 5) is 33.1. The average molecular weight is 461 g/mol. The molecule has 0 radical (unpaired) electrons. The van der Waals surface area contributed by atoms with Gasteiger partial charge < -0.3 is 19.8 Å². The van der Waals surface area contributed by atoms with Gasteiger partial charge in [0.25, 0.3) is 0 Å². The standard InChI is InChI=1S/C24H18N2O4S2/c27-23(28)19(15-9-3-1-4-10-15)31-21-22(26-18-14-8-7-13-17(18)25-21)32-20(24(29)30)16-11-5-2-6-12-16/h1-14,19-20H,(H,27,28)(H,29,30)/p-2/t19-,20-/m1/s1. The van der Waals surface area contributed by atoms with Gasteiger partial charge in [0.15, 0.2) is 0 Å². The van der Waals surface area contributed by atoms with E-state index in [0.29, 0.717) is 32.2 Å². The third kappa shape index (κ3) is 4.92. The first-order valence-corrected chi connectivity index (χ1v) is 11.4. The minimum atomic E-state index is -1.27. The molecule has 0 aliphatic carbocycles. The highest BCUT2D eigenvalue weighted by molar-refractivity contribution is 8.03. The Morgan fingerprint density at radius 1 is 0.594 bits per heavy atom. The van der Waals surface area contributed by atoms with Gasteiger partial charge in [-0.3, -0.25) is 0 Å². The molecule has 0 spiro atoms. The zero-order valence-electron chi connectivity index (χ0n) is 16.6. The van der Waals surface area contributed by atoms with Crippen molar-refractivity contribution in [3.63, 3.8) is 0 Å². The van der Waals surface area contributed by atoms with Crippen molar-refractivity contribution in [1.29, 1.82) is 0 Å². The highest BCUT2D eigenvalue weighted by Gasteiger charge is 2.23. The summed E-state index contributed by atoms with van der Waals surface area (Å²) < 4.78 is 0. The summed E-state index contributed by atoms with van der Waals surface area (Å²) in [7, 11) is 0. The third-order valence-corrected chi connectivity index (χ3v) is 7.15. The molecule has 1 aromatic heterocycles. The fourth-order valence-electron chi connectivity index (χ4n) is 3.10. The predicted octanol–water partition coefficient (Wildman–Crippen LogP) is 2.80. The minimum Gasteiger partial charge on any atom is -0.549 e. The topological polar surface area (TPSA) is 106 Å². The fourth-order valence-corrected chi connectivity index (χ4v) is 5.21. The Morgan fingerprint density at radius 3 is 1.28 bits per heavy atom. The van der Waals surface area contributed by atoms with E-state index < -0.39 is 22.4 Å². The Kier molecular flexibility index (Phi) is 6.72. The molecule has 0 amide bonds. The van der Waals surface area contributed by atoms with E-state index in [4.69, 9.17) is 0 Å². The number of carboxylic acid groups (broad SMARTS) is 2. The van der Waals surface area contributed by atoms with Crippen LogP contribution in [0.15, 0.2) is 95.0 Å². The van der Waals surface area contributed by atoms with E-state index in [1.165, 1.54) is 0 Å². The van der Waals surface area contributed by atoms with Crippen LogP contribution in [0.5, 0.6) is 0 Å². The number of benzene rings is 3. The van der Waals surface area contributed by atoms with Gasteiger partial charge in [-0.25, -0.2) is 9.97 Å². The Labute approximate surface area is 192 Å². The first-order chi connectivity index (χ1) is 15.5. The molecule has 0 fully saturated rings. The summed E-state index contributed by atoms with van der Waals surface area (Å²) in [5, 5.41) is 22.4. The third-order valence-electron chi connectivity index (χ3n) is 4.60. The van der Waals surface area contributed by atoms with E-state index >= 15 is 0 Å². The van der Waals surface area contributed by atoms with Crippen LogP contribution in [0.25, 0.3) is 11.0 Å². The normalized spacial score (nSPS) is 12.9. The molecule has 0 N–H and O–H groups in total. The summed E-state index contributed by atoms with van der Waals surface area (Å²) >= 11 is 1.94. The van der Waals surface area contributed by atoms with Crippen molar-refractivity contribution in [1.82, 2.24) is 9.97 Å². The molecule has 0 saturated carbocycles. The molecule has 4 aromatic rings. The molecule has 160 valence electrons. The van der Waals surface area contributed by atoms with Crippen LogP contribution in [0.4, 0.5) is 0 Å². The summed E-state index contributed by atoms with van der Waals surface area (Å²) in [5.74, 6) is -2.54. The van der Waals surface area contributed by atoms with Crippen molar-refractivity contribution in [3.8, 4) is 0 Å². The lowest BCUT2D eigenvalue weighted by Gasteiger charge is -2.21. The molecule has 8 heteroatoms. The monoisotopic (exact) mass is 460 g/mol. The Morgan fingerprint density at radius 2 is 0.938 bits per heavy atom. The maximum absolute atomic E-state index is 11.9. The average Bonchev–Trinajstić information content (AvgIpc) is 2.81. The predicted molar refractivity (Wildman–Crippen MR) is 120 cm³/mol. The number of aliphatic carboxylic acids is 2. The molecular formula is C24H16N2O4S2-2. The van der Waals surface area contributed by atoms with Gasteiger partial charge in [-0.2, -0.15) is 0 Å². The molecule has 0 saturated heterocycles. The van der Waals surface area contributed by atoms with Crippen LogP contribution in [0.1, 0.15) is 21.6 Å². The van der Waals surface area contributed by atoms with Crippen molar-refractivity contribution in [2.24, 2.45) is 0 Å². The quantitative estimate of drug-likeness (QED) is 0.370. The molecule has 4 rings (SSSR count). The minimum absolute atomic E-state index is 0.314. The van der Waals surface area contributed by atoms with Gasteiger partial charge in [-0.05, 0) is 23.3 Å². The highest BCUT2D eigenvalue weighted by atomic mass is 32.2. The van der Waals surface area contributed by atoms with E-state index in [9.17, 15) is 19.8 Å². The zero-order valence-corrected chi connectivity index (χ0v) is 18.2. The lowest BCUT2D eigenvalue weighted by atomic mass is 10.1. The number of rotatable bonds is 8. The van der Waals surface area contributed by atoms with Gasteiger partial charge >= 0.3 is 0 Å². The number of hydrogen-bond acceptors (Lipinski definition) is 8. The molecule has 1 heterocycles. The van der Waals surface area contributed by atoms with Crippen molar-refractivity contribution in [3.05, 3.63) is 96.1 Å². The fraction of sp³-hybridized carbons (Fsp3) is 0.0833. The Hall–Kier alpha value is -3.36. The van der Waals surface area contributed by atoms with E-state index in [0.717, 1.165) is 23.5 Å². The van der Waals surface area contributed by atoms with E-state index in [1.807, 2.05) is 0 Å². The number of hydrogen-bond donors (Lipinski definition) is 0. The molecule has 32 heavy (non-hydrogen) atoms. The maximum Gasteiger partial charge on any atom is 0.130 e. The van der Waals surface area contributed by atoms with Crippen LogP contribution >= 0.6 is 23.5 Å². The second-order valence-electron chi connectivity index (χ2n) is 6.78. The van der Waals surface area contributed by atoms with E-state index in [-0.39, 0.29) is 0 Å². The summed E-state index contributed by atoms with van der Waals surface area (Å²) in [6, 6.07) is 24.5. The van der Waals surface area contributed by atoms with Crippen molar-refractivity contribution in [2.45, 2.75) is 20.6 Å². The van der Waals surface area contributed by atoms with E-state index in [1.54, 1.807) is 84.9 Å². The molecular weight excluding hydrogens is 444 g/mol. The number of nitrogens with zero attached hydrogens (tertiary/aromatic N) is 2. The van der Waals surface area contributed by atoms with Gasteiger partial charge in [-0.1, -0.05) is 96.3 Å². The molecule has 0 aliphatic heterocycles. The van der Waals surface area contributed by atoms with Gasteiger partial charge in [0.05, 0.1) is 33.5 Å². The lowest BCUT2D eigenvalue weighted by molar-refractivity contribution is -0.306. The Bertz CT molecular complexity index is 1150. The van der Waals surface area contributed by atoms with Gasteiger partial charge in [-0.15, -0.1) is 0 Å². The number of carboxylic acids is 2. The van der Waals surface area contributed by atoms with E-state index in [2.05, 4.69) is 9.97 Å². The van der Waals surface area contributed by atoms with Crippen molar-refractivity contribution in [2.75, 3.05) is 0 Å². The first-order valence-electron chi connectivity index (χ1n) is 9.64.